The molecule has 0 aromatic heterocycles. The summed E-state index contributed by atoms with van der Waals surface area (Å²) >= 11 is 0. The lowest BCUT2D eigenvalue weighted by Crippen LogP contribution is -2.49. The first-order chi connectivity index (χ1) is 9.15. The molecule has 0 rings (SSSR count). The number of nitrogens with two attached hydrogens (primary N) is 1. The van der Waals surface area contributed by atoms with E-state index in [1.807, 2.05) is 13.8 Å². The van der Waals surface area contributed by atoms with Crippen LogP contribution in [0.15, 0.2) is 0 Å². The molecule has 0 aliphatic heterocycles. The highest BCUT2D eigenvalue weighted by Crippen LogP contribution is 2.04. The van der Waals surface area contributed by atoms with Crippen LogP contribution < -0.4 is 16.4 Å². The van der Waals surface area contributed by atoms with E-state index in [1.54, 1.807) is 13.8 Å². The van der Waals surface area contributed by atoms with Crippen molar-refractivity contribution in [2.75, 3.05) is 6.54 Å². The Labute approximate surface area is 119 Å². The molecule has 0 radical (unpaired) electrons. The zero-order valence-electron chi connectivity index (χ0n) is 12.5. The molecule has 1 unspecified atom stereocenters. The molecule has 0 heterocycles. The van der Waals surface area contributed by atoms with E-state index in [4.69, 9.17) is 10.8 Å². The number of hydrogen-bond acceptors (Lipinski definition) is 4. The summed E-state index contributed by atoms with van der Waals surface area (Å²) in [6.07, 6.45) is 0.334. The van der Waals surface area contributed by atoms with E-state index in [0.717, 1.165) is 0 Å². The van der Waals surface area contributed by atoms with Gasteiger partial charge in [-0.3, -0.25) is 9.59 Å². The fourth-order valence-corrected chi connectivity index (χ4v) is 1.53. The minimum atomic E-state index is -1.09. The van der Waals surface area contributed by atoms with Crippen LogP contribution in [0.3, 0.4) is 0 Å². The minimum absolute atomic E-state index is 0.0363. The number of carboxylic acid groups (broad SMARTS) is 1. The van der Waals surface area contributed by atoms with E-state index in [9.17, 15) is 14.4 Å². The molecule has 116 valence electrons. The van der Waals surface area contributed by atoms with Gasteiger partial charge in [0.1, 0.15) is 6.04 Å². The molecule has 0 fully saturated rings. The van der Waals surface area contributed by atoms with E-state index in [-0.39, 0.29) is 18.4 Å². The Bertz CT molecular complexity index is 356. The molecule has 7 heteroatoms. The van der Waals surface area contributed by atoms with Crippen molar-refractivity contribution in [1.29, 1.82) is 0 Å². The van der Waals surface area contributed by atoms with Crippen LogP contribution in [0, 0.1) is 11.8 Å². The minimum Gasteiger partial charge on any atom is -0.480 e. The highest BCUT2D eigenvalue weighted by Gasteiger charge is 2.22. The Hall–Kier alpha value is -1.63. The van der Waals surface area contributed by atoms with Gasteiger partial charge in [-0.2, -0.15) is 0 Å². The zero-order valence-corrected chi connectivity index (χ0v) is 12.5. The number of aliphatic carboxylic acids is 1. The molecule has 0 bridgehead atoms. The van der Waals surface area contributed by atoms with Crippen molar-refractivity contribution in [1.82, 2.24) is 10.6 Å². The van der Waals surface area contributed by atoms with Crippen molar-refractivity contribution in [3.8, 4) is 0 Å². The third-order valence-electron chi connectivity index (χ3n) is 2.78. The van der Waals surface area contributed by atoms with E-state index < -0.39 is 29.9 Å². The highest BCUT2D eigenvalue weighted by atomic mass is 16.4. The first-order valence-corrected chi connectivity index (χ1v) is 6.70. The fraction of sp³-hybridized carbons (Fsp3) is 0.769. The summed E-state index contributed by atoms with van der Waals surface area (Å²) in [4.78, 5) is 34.1. The number of carbonyl (C=O) groups excluding carboxylic acids is 2. The SMILES string of the molecule is CC(C)CC(NC(=O)CNC(=O)[C@@H](N)C(C)C)C(=O)O. The van der Waals surface area contributed by atoms with E-state index in [1.165, 1.54) is 0 Å². The number of nitrogens with one attached hydrogen (secondary N) is 2. The molecule has 0 aliphatic rings. The Balaban J connectivity index is 4.27. The van der Waals surface area contributed by atoms with Crippen molar-refractivity contribution in [3.05, 3.63) is 0 Å². The predicted octanol–water partition coefficient (Wildman–Crippen LogP) is -0.299. The lowest BCUT2D eigenvalue weighted by Gasteiger charge is -2.18. The van der Waals surface area contributed by atoms with Crippen LogP contribution in [-0.4, -0.2) is 41.5 Å². The van der Waals surface area contributed by atoms with Crippen LogP contribution in [0.25, 0.3) is 0 Å². The molecule has 20 heavy (non-hydrogen) atoms. The maximum absolute atomic E-state index is 11.6. The second kappa shape index (κ2) is 8.52. The van der Waals surface area contributed by atoms with Crippen molar-refractivity contribution >= 4 is 17.8 Å². The van der Waals surface area contributed by atoms with Crippen LogP contribution in [0.5, 0.6) is 0 Å². The van der Waals surface area contributed by atoms with Crippen molar-refractivity contribution in [2.45, 2.75) is 46.2 Å². The molecule has 0 aromatic carbocycles. The van der Waals surface area contributed by atoms with Crippen LogP contribution in [-0.2, 0) is 14.4 Å². The van der Waals surface area contributed by atoms with Gasteiger partial charge in [0.05, 0.1) is 12.6 Å². The van der Waals surface area contributed by atoms with Gasteiger partial charge in [0, 0.05) is 0 Å². The first-order valence-electron chi connectivity index (χ1n) is 6.70. The third kappa shape index (κ3) is 7.08. The normalized spacial score (nSPS) is 13.9. The van der Waals surface area contributed by atoms with Gasteiger partial charge in [-0.1, -0.05) is 27.7 Å². The van der Waals surface area contributed by atoms with Crippen molar-refractivity contribution in [3.63, 3.8) is 0 Å². The maximum Gasteiger partial charge on any atom is 0.326 e. The van der Waals surface area contributed by atoms with Gasteiger partial charge >= 0.3 is 5.97 Å². The number of hydrogen-bond donors (Lipinski definition) is 4. The quantitative estimate of drug-likeness (QED) is 0.488. The number of rotatable bonds is 8. The van der Waals surface area contributed by atoms with Crippen LogP contribution in [0.2, 0.25) is 0 Å². The van der Waals surface area contributed by atoms with Gasteiger partial charge in [-0.25, -0.2) is 4.79 Å². The van der Waals surface area contributed by atoms with Crippen LogP contribution in [0.1, 0.15) is 34.1 Å². The monoisotopic (exact) mass is 287 g/mol. The maximum atomic E-state index is 11.6. The molecule has 5 N–H and O–H groups in total. The van der Waals surface area contributed by atoms with E-state index in [0.29, 0.717) is 6.42 Å². The molecule has 0 aliphatic carbocycles. The van der Waals surface area contributed by atoms with Gasteiger partial charge in [-0.15, -0.1) is 0 Å². The summed E-state index contributed by atoms with van der Waals surface area (Å²) in [6.45, 7) is 7.05. The Morgan fingerprint density at radius 3 is 2.10 bits per heavy atom. The molecule has 7 nitrogen and oxygen atoms in total. The summed E-state index contributed by atoms with van der Waals surface area (Å²) < 4.78 is 0. The average molecular weight is 287 g/mol. The lowest BCUT2D eigenvalue weighted by molar-refractivity contribution is -0.142. The molecule has 2 amide bonds. The summed E-state index contributed by atoms with van der Waals surface area (Å²) in [5, 5.41) is 13.8. The fourth-order valence-electron chi connectivity index (χ4n) is 1.53. The summed E-state index contributed by atoms with van der Waals surface area (Å²) in [6, 6.07) is -1.63. The standard InChI is InChI=1S/C13H25N3O4/c1-7(2)5-9(13(19)20)16-10(17)6-15-12(18)11(14)8(3)4/h7-9,11H,5-6,14H2,1-4H3,(H,15,18)(H,16,17)(H,19,20)/t9?,11-/m0/s1. The van der Waals surface area contributed by atoms with Gasteiger partial charge in [0.15, 0.2) is 0 Å². The molecule has 2 atom stereocenters. The number of amides is 2. The number of carboxylic acids is 1. The van der Waals surface area contributed by atoms with Gasteiger partial charge in [0.25, 0.3) is 0 Å². The lowest BCUT2D eigenvalue weighted by atomic mass is 10.0. The average Bonchev–Trinajstić information content (AvgIpc) is 2.33. The predicted molar refractivity (Wildman–Crippen MR) is 74.8 cm³/mol. The van der Waals surface area contributed by atoms with Crippen molar-refractivity contribution < 1.29 is 19.5 Å². The highest BCUT2D eigenvalue weighted by molar-refractivity contribution is 5.89. The summed E-state index contributed by atoms with van der Waals surface area (Å²) in [5.74, 6) is -1.95. The Morgan fingerprint density at radius 1 is 1.15 bits per heavy atom. The first kappa shape index (κ1) is 18.4. The van der Waals surface area contributed by atoms with E-state index >= 15 is 0 Å². The molecule has 0 saturated carbocycles. The summed E-state index contributed by atoms with van der Waals surface area (Å²) in [5.41, 5.74) is 5.62. The largest absolute Gasteiger partial charge is 0.480 e. The van der Waals surface area contributed by atoms with Gasteiger partial charge in [-0.05, 0) is 18.3 Å². The van der Waals surface area contributed by atoms with Crippen LogP contribution >= 0.6 is 0 Å². The number of carbonyl (C=O) groups is 3. The molecule has 0 saturated heterocycles. The Kier molecular flexibility index (Phi) is 7.83. The topological polar surface area (TPSA) is 122 Å². The third-order valence-corrected chi connectivity index (χ3v) is 2.78. The summed E-state index contributed by atoms with van der Waals surface area (Å²) in [7, 11) is 0. The van der Waals surface area contributed by atoms with Gasteiger partial charge in [0.2, 0.25) is 11.8 Å². The molecule has 0 aromatic rings. The Morgan fingerprint density at radius 2 is 1.70 bits per heavy atom. The molecular formula is C13H25N3O4. The van der Waals surface area contributed by atoms with Crippen LogP contribution in [0.4, 0.5) is 0 Å². The second-order valence-electron chi connectivity index (χ2n) is 5.58. The second-order valence-corrected chi connectivity index (χ2v) is 5.58. The smallest absolute Gasteiger partial charge is 0.326 e. The van der Waals surface area contributed by atoms with Gasteiger partial charge < -0.3 is 21.5 Å². The van der Waals surface area contributed by atoms with Crippen molar-refractivity contribution in [2.24, 2.45) is 17.6 Å². The van der Waals surface area contributed by atoms with E-state index in [2.05, 4.69) is 10.6 Å². The molecule has 0 spiro atoms. The molecular weight excluding hydrogens is 262 g/mol. The zero-order chi connectivity index (χ0) is 15.9.